The van der Waals surface area contributed by atoms with Crippen LogP contribution in [0.4, 0.5) is 0 Å². The molecule has 0 atom stereocenters. The van der Waals surface area contributed by atoms with Gasteiger partial charge < -0.3 is 5.32 Å². The van der Waals surface area contributed by atoms with E-state index in [1.165, 1.54) is 25.7 Å². The van der Waals surface area contributed by atoms with Crippen molar-refractivity contribution in [3.63, 3.8) is 0 Å². The van der Waals surface area contributed by atoms with E-state index >= 15 is 0 Å². The summed E-state index contributed by atoms with van der Waals surface area (Å²) in [4.78, 5) is 4.32. The van der Waals surface area contributed by atoms with Crippen molar-refractivity contribution in [1.82, 2.24) is 20.1 Å². The molecule has 0 saturated heterocycles. The normalized spacial score (nSPS) is 16.4. The van der Waals surface area contributed by atoms with Gasteiger partial charge in [0.05, 0.1) is 6.54 Å². The predicted molar refractivity (Wildman–Crippen MR) is 68.6 cm³/mol. The van der Waals surface area contributed by atoms with Crippen molar-refractivity contribution in [3.8, 4) is 0 Å². The van der Waals surface area contributed by atoms with Gasteiger partial charge in [-0.2, -0.15) is 5.10 Å². The van der Waals surface area contributed by atoms with Crippen LogP contribution < -0.4 is 5.32 Å². The molecule has 0 aliphatic heterocycles. The Morgan fingerprint density at radius 3 is 2.82 bits per heavy atom. The van der Waals surface area contributed by atoms with Gasteiger partial charge in [-0.25, -0.2) is 9.67 Å². The van der Waals surface area contributed by atoms with Gasteiger partial charge in [0, 0.05) is 12.6 Å². The molecule has 1 heterocycles. The average molecular weight is 236 g/mol. The molecule has 1 fully saturated rings. The lowest BCUT2D eigenvalue weighted by atomic mass is 9.91. The Morgan fingerprint density at radius 2 is 2.18 bits per heavy atom. The standard InChI is InChI=1S/C13H24N4/c1-13(2,3)7-4-8-17-12(15-10-16-17)9-14-11-5-6-11/h10-11,14H,4-9H2,1-3H3. The largest absolute Gasteiger partial charge is 0.307 e. The van der Waals surface area contributed by atoms with Crippen LogP contribution in [0.1, 0.15) is 52.3 Å². The number of nitrogens with one attached hydrogen (secondary N) is 1. The third kappa shape index (κ3) is 4.46. The van der Waals surface area contributed by atoms with Gasteiger partial charge in [0.25, 0.3) is 0 Å². The lowest BCUT2D eigenvalue weighted by Crippen LogP contribution is -2.19. The van der Waals surface area contributed by atoms with Crippen molar-refractivity contribution in [2.45, 2.75) is 65.6 Å². The van der Waals surface area contributed by atoms with E-state index in [1.54, 1.807) is 6.33 Å². The Bertz CT molecular complexity index is 347. The minimum absolute atomic E-state index is 0.410. The Morgan fingerprint density at radius 1 is 1.41 bits per heavy atom. The molecule has 0 amide bonds. The summed E-state index contributed by atoms with van der Waals surface area (Å²) >= 11 is 0. The van der Waals surface area contributed by atoms with E-state index in [9.17, 15) is 0 Å². The van der Waals surface area contributed by atoms with Crippen molar-refractivity contribution in [2.24, 2.45) is 5.41 Å². The summed E-state index contributed by atoms with van der Waals surface area (Å²) in [5.41, 5.74) is 0.410. The van der Waals surface area contributed by atoms with Crippen molar-refractivity contribution in [1.29, 1.82) is 0 Å². The Labute approximate surface area is 104 Å². The maximum Gasteiger partial charge on any atom is 0.140 e. The molecule has 1 aromatic rings. The molecule has 1 aliphatic carbocycles. The van der Waals surface area contributed by atoms with Gasteiger partial charge in [-0.1, -0.05) is 20.8 Å². The predicted octanol–water partition coefficient (Wildman–Crippen LogP) is 2.36. The second-order valence-corrected chi connectivity index (χ2v) is 6.22. The zero-order valence-corrected chi connectivity index (χ0v) is 11.2. The van der Waals surface area contributed by atoms with Crippen molar-refractivity contribution in [3.05, 3.63) is 12.2 Å². The van der Waals surface area contributed by atoms with Crippen LogP contribution in [0.25, 0.3) is 0 Å². The second kappa shape index (κ2) is 5.17. The van der Waals surface area contributed by atoms with Crippen LogP contribution in [0.3, 0.4) is 0 Å². The molecule has 2 rings (SSSR count). The van der Waals surface area contributed by atoms with Gasteiger partial charge >= 0.3 is 0 Å². The number of nitrogens with zero attached hydrogens (tertiary/aromatic N) is 3. The smallest absolute Gasteiger partial charge is 0.140 e. The van der Waals surface area contributed by atoms with Gasteiger partial charge in [0.15, 0.2) is 0 Å². The summed E-state index contributed by atoms with van der Waals surface area (Å²) in [5.74, 6) is 1.07. The van der Waals surface area contributed by atoms with Crippen molar-refractivity contribution < 1.29 is 0 Å². The average Bonchev–Trinajstić information content (AvgIpc) is 2.95. The molecule has 0 radical (unpaired) electrons. The highest BCUT2D eigenvalue weighted by molar-refractivity contribution is 4.88. The van der Waals surface area contributed by atoms with E-state index < -0.39 is 0 Å². The number of hydrogen-bond donors (Lipinski definition) is 1. The van der Waals surface area contributed by atoms with E-state index in [-0.39, 0.29) is 0 Å². The van der Waals surface area contributed by atoms with E-state index in [0.29, 0.717) is 5.41 Å². The molecular weight excluding hydrogens is 212 g/mol. The fourth-order valence-corrected chi connectivity index (χ4v) is 1.89. The van der Waals surface area contributed by atoms with Gasteiger partial charge in [-0.15, -0.1) is 0 Å². The molecular formula is C13H24N4. The van der Waals surface area contributed by atoms with E-state index in [0.717, 1.165) is 25.0 Å². The first kappa shape index (κ1) is 12.6. The molecule has 0 aromatic carbocycles. The zero-order chi connectivity index (χ0) is 12.3. The molecule has 96 valence electrons. The van der Waals surface area contributed by atoms with Crippen LogP contribution >= 0.6 is 0 Å². The SMILES string of the molecule is CC(C)(C)CCCn1ncnc1CNC1CC1. The van der Waals surface area contributed by atoms with Gasteiger partial charge in [0.1, 0.15) is 12.2 Å². The first-order valence-electron chi connectivity index (χ1n) is 6.65. The second-order valence-electron chi connectivity index (χ2n) is 6.22. The molecule has 1 aromatic heterocycles. The Balaban J connectivity index is 1.76. The lowest BCUT2D eigenvalue weighted by molar-refractivity contribution is 0.346. The Kier molecular flexibility index (Phi) is 3.82. The summed E-state index contributed by atoms with van der Waals surface area (Å²) in [7, 11) is 0. The monoisotopic (exact) mass is 236 g/mol. The molecule has 1 N–H and O–H groups in total. The summed E-state index contributed by atoms with van der Waals surface area (Å²) in [6, 6.07) is 0.731. The van der Waals surface area contributed by atoms with Gasteiger partial charge in [-0.3, -0.25) is 0 Å². The van der Waals surface area contributed by atoms with Crippen LogP contribution in [0.5, 0.6) is 0 Å². The van der Waals surface area contributed by atoms with E-state index in [1.807, 2.05) is 4.68 Å². The van der Waals surface area contributed by atoms with Crippen molar-refractivity contribution >= 4 is 0 Å². The molecule has 4 heteroatoms. The topological polar surface area (TPSA) is 42.7 Å². The molecule has 0 spiro atoms. The number of aryl methyl sites for hydroxylation is 1. The Hall–Kier alpha value is -0.900. The first-order chi connectivity index (χ1) is 8.04. The highest BCUT2D eigenvalue weighted by Gasteiger charge is 2.21. The van der Waals surface area contributed by atoms with Crippen LogP contribution in [-0.4, -0.2) is 20.8 Å². The molecule has 0 unspecified atom stereocenters. The van der Waals surface area contributed by atoms with E-state index in [2.05, 4.69) is 36.2 Å². The maximum absolute atomic E-state index is 4.32. The third-order valence-electron chi connectivity index (χ3n) is 3.12. The van der Waals surface area contributed by atoms with Crippen LogP contribution in [0.2, 0.25) is 0 Å². The fraction of sp³-hybridized carbons (Fsp3) is 0.846. The van der Waals surface area contributed by atoms with Crippen LogP contribution in [0.15, 0.2) is 6.33 Å². The van der Waals surface area contributed by atoms with Crippen LogP contribution in [-0.2, 0) is 13.1 Å². The lowest BCUT2D eigenvalue weighted by Gasteiger charge is -2.17. The molecule has 1 saturated carbocycles. The summed E-state index contributed by atoms with van der Waals surface area (Å²) < 4.78 is 2.04. The molecule has 0 bridgehead atoms. The highest BCUT2D eigenvalue weighted by atomic mass is 15.3. The van der Waals surface area contributed by atoms with Gasteiger partial charge in [0.2, 0.25) is 0 Å². The number of hydrogen-bond acceptors (Lipinski definition) is 3. The zero-order valence-electron chi connectivity index (χ0n) is 11.2. The first-order valence-corrected chi connectivity index (χ1v) is 6.65. The molecule has 1 aliphatic rings. The third-order valence-corrected chi connectivity index (χ3v) is 3.12. The van der Waals surface area contributed by atoms with Crippen molar-refractivity contribution in [2.75, 3.05) is 0 Å². The fourth-order valence-electron chi connectivity index (χ4n) is 1.89. The van der Waals surface area contributed by atoms with Gasteiger partial charge in [-0.05, 0) is 31.1 Å². The summed E-state index contributed by atoms with van der Waals surface area (Å²) in [5, 5.41) is 7.78. The minimum atomic E-state index is 0.410. The molecule has 17 heavy (non-hydrogen) atoms. The summed E-state index contributed by atoms with van der Waals surface area (Å²) in [6.45, 7) is 8.69. The minimum Gasteiger partial charge on any atom is -0.307 e. The number of rotatable bonds is 6. The highest BCUT2D eigenvalue weighted by Crippen LogP contribution is 2.21. The van der Waals surface area contributed by atoms with E-state index in [4.69, 9.17) is 0 Å². The quantitative estimate of drug-likeness (QED) is 0.824. The number of aromatic nitrogens is 3. The van der Waals surface area contributed by atoms with Crippen LogP contribution in [0, 0.1) is 5.41 Å². The summed E-state index contributed by atoms with van der Waals surface area (Å²) in [6.07, 6.45) is 6.70. The maximum atomic E-state index is 4.32. The molecule has 4 nitrogen and oxygen atoms in total.